The summed E-state index contributed by atoms with van der Waals surface area (Å²) >= 11 is 0. The first-order valence-corrected chi connectivity index (χ1v) is 6.23. The molecule has 0 aromatic rings. The van der Waals surface area contributed by atoms with Gasteiger partial charge in [0.25, 0.3) is 0 Å². The molecule has 0 aromatic heterocycles. The van der Waals surface area contributed by atoms with E-state index in [2.05, 4.69) is 4.74 Å². The number of nitrogens with two attached hydrogens (primary N) is 1. The molecule has 1 saturated heterocycles. The van der Waals surface area contributed by atoms with Crippen LogP contribution in [0.4, 0.5) is 0 Å². The van der Waals surface area contributed by atoms with Gasteiger partial charge in [-0.1, -0.05) is 0 Å². The predicted molar refractivity (Wildman–Crippen MR) is 62.1 cm³/mol. The van der Waals surface area contributed by atoms with Crippen molar-refractivity contribution in [3.8, 4) is 0 Å². The van der Waals surface area contributed by atoms with Crippen molar-refractivity contribution in [2.24, 2.45) is 5.73 Å². The zero-order valence-corrected chi connectivity index (χ0v) is 10.3. The molecule has 2 N–H and O–H groups in total. The lowest BCUT2D eigenvalue weighted by Crippen LogP contribution is -2.59. The van der Waals surface area contributed by atoms with Crippen molar-refractivity contribution in [2.45, 2.75) is 50.1 Å². The van der Waals surface area contributed by atoms with E-state index < -0.39 is 6.04 Å². The van der Waals surface area contributed by atoms with E-state index in [0.717, 1.165) is 38.5 Å². The van der Waals surface area contributed by atoms with E-state index >= 15 is 0 Å². The topological polar surface area (TPSA) is 72.6 Å². The van der Waals surface area contributed by atoms with Gasteiger partial charge in [-0.3, -0.25) is 9.59 Å². The number of nitrogens with zero attached hydrogens (tertiary/aromatic N) is 1. The van der Waals surface area contributed by atoms with Crippen LogP contribution in [0.25, 0.3) is 0 Å². The molecule has 1 amide bonds. The van der Waals surface area contributed by atoms with Crippen LogP contribution in [0.3, 0.4) is 0 Å². The summed E-state index contributed by atoms with van der Waals surface area (Å²) in [4.78, 5) is 25.3. The summed E-state index contributed by atoms with van der Waals surface area (Å²) in [6.45, 7) is 0.0447. The Morgan fingerprint density at radius 3 is 2.65 bits per heavy atom. The van der Waals surface area contributed by atoms with Crippen molar-refractivity contribution < 1.29 is 14.3 Å². The number of amides is 1. The van der Waals surface area contributed by atoms with Crippen molar-refractivity contribution in [2.75, 3.05) is 13.7 Å². The highest BCUT2D eigenvalue weighted by atomic mass is 16.5. The summed E-state index contributed by atoms with van der Waals surface area (Å²) in [6, 6.07) is -0.459. The van der Waals surface area contributed by atoms with E-state index in [1.807, 2.05) is 0 Å². The number of rotatable bonds is 2. The third kappa shape index (κ3) is 2.16. The Labute approximate surface area is 101 Å². The highest BCUT2D eigenvalue weighted by Crippen LogP contribution is 2.43. The van der Waals surface area contributed by atoms with E-state index in [0.29, 0.717) is 0 Å². The van der Waals surface area contributed by atoms with Crippen LogP contribution in [-0.2, 0) is 14.3 Å². The van der Waals surface area contributed by atoms with Crippen molar-refractivity contribution in [1.29, 1.82) is 0 Å². The maximum Gasteiger partial charge on any atom is 0.325 e. The van der Waals surface area contributed by atoms with Gasteiger partial charge in [0.1, 0.15) is 6.54 Å². The molecule has 1 aliphatic carbocycles. The van der Waals surface area contributed by atoms with Gasteiger partial charge in [0, 0.05) is 5.54 Å². The zero-order valence-electron chi connectivity index (χ0n) is 10.3. The summed E-state index contributed by atoms with van der Waals surface area (Å²) in [6.07, 6.45) is 5.75. The lowest BCUT2D eigenvalue weighted by molar-refractivity contribution is -0.154. The fourth-order valence-corrected chi connectivity index (χ4v) is 2.89. The number of methoxy groups -OCH3 is 1. The van der Waals surface area contributed by atoms with Crippen molar-refractivity contribution in [3.05, 3.63) is 0 Å². The van der Waals surface area contributed by atoms with E-state index in [1.165, 1.54) is 7.11 Å². The fourth-order valence-electron chi connectivity index (χ4n) is 2.89. The molecule has 1 saturated carbocycles. The van der Waals surface area contributed by atoms with Gasteiger partial charge in [-0.25, -0.2) is 0 Å². The molecule has 2 rings (SSSR count). The molecule has 2 fully saturated rings. The minimum absolute atomic E-state index is 0.0447. The number of hydrogen-bond donors (Lipinski definition) is 1. The number of likely N-dealkylation sites (tertiary alicyclic amines) is 1. The van der Waals surface area contributed by atoms with E-state index in [1.54, 1.807) is 4.90 Å². The van der Waals surface area contributed by atoms with Gasteiger partial charge in [-0.05, 0) is 38.5 Å². The van der Waals surface area contributed by atoms with E-state index in [4.69, 9.17) is 5.73 Å². The molecule has 5 nitrogen and oxygen atoms in total. The van der Waals surface area contributed by atoms with E-state index in [-0.39, 0.29) is 24.0 Å². The lowest BCUT2D eigenvalue weighted by atomic mass is 9.72. The quantitative estimate of drug-likeness (QED) is 0.710. The lowest BCUT2D eigenvalue weighted by Gasteiger charge is -2.49. The van der Waals surface area contributed by atoms with Gasteiger partial charge >= 0.3 is 5.97 Å². The van der Waals surface area contributed by atoms with Crippen LogP contribution >= 0.6 is 0 Å². The van der Waals surface area contributed by atoms with E-state index in [9.17, 15) is 9.59 Å². The second-order valence-electron chi connectivity index (χ2n) is 5.08. The summed E-state index contributed by atoms with van der Waals surface area (Å²) < 4.78 is 4.67. The third-order valence-corrected chi connectivity index (χ3v) is 4.11. The Bertz CT molecular complexity index is 326. The van der Waals surface area contributed by atoms with Crippen LogP contribution in [0, 0.1) is 0 Å². The van der Waals surface area contributed by atoms with Gasteiger partial charge in [-0.15, -0.1) is 0 Å². The zero-order chi connectivity index (χ0) is 12.5. The Hall–Kier alpha value is -1.10. The largest absolute Gasteiger partial charge is 0.468 e. The molecule has 1 aliphatic heterocycles. The Balaban J connectivity index is 2.19. The number of carbonyl (C=O) groups excluding carboxylic acids is 2. The minimum atomic E-state index is -0.459. The SMILES string of the molecule is COC(=O)CN1C(=O)C(N)CCCC12CCC2. The predicted octanol–water partition coefficient (Wildman–Crippen LogP) is 0.422. The Morgan fingerprint density at radius 2 is 2.12 bits per heavy atom. The van der Waals surface area contributed by atoms with Crippen molar-refractivity contribution in [3.63, 3.8) is 0 Å². The monoisotopic (exact) mass is 240 g/mol. The fraction of sp³-hybridized carbons (Fsp3) is 0.833. The molecule has 1 atom stereocenters. The van der Waals surface area contributed by atoms with Crippen LogP contribution in [0.15, 0.2) is 0 Å². The standard InChI is InChI=1S/C12H20N2O3/c1-17-10(15)8-14-11(16)9(13)4-2-5-12(14)6-3-7-12/h9H,2-8,13H2,1H3. The minimum Gasteiger partial charge on any atom is -0.468 e. The third-order valence-electron chi connectivity index (χ3n) is 4.11. The molecule has 1 heterocycles. The van der Waals surface area contributed by atoms with Crippen LogP contribution < -0.4 is 5.73 Å². The van der Waals surface area contributed by atoms with Crippen LogP contribution in [0.5, 0.6) is 0 Å². The second-order valence-corrected chi connectivity index (χ2v) is 5.08. The van der Waals surface area contributed by atoms with Gasteiger partial charge in [0.05, 0.1) is 13.2 Å². The molecule has 1 unspecified atom stereocenters. The molecule has 0 radical (unpaired) electrons. The first kappa shape index (κ1) is 12.4. The first-order valence-electron chi connectivity index (χ1n) is 6.23. The van der Waals surface area contributed by atoms with Gasteiger partial charge < -0.3 is 15.4 Å². The molecule has 5 heteroatoms. The first-order chi connectivity index (χ1) is 8.09. The Kier molecular flexibility index (Phi) is 3.38. The molecular formula is C12H20N2O3. The number of ether oxygens (including phenoxy) is 1. The summed E-state index contributed by atoms with van der Waals surface area (Å²) in [5, 5.41) is 0. The average molecular weight is 240 g/mol. The number of hydrogen-bond acceptors (Lipinski definition) is 4. The summed E-state index contributed by atoms with van der Waals surface area (Å²) in [7, 11) is 1.35. The summed E-state index contributed by atoms with van der Waals surface area (Å²) in [5.74, 6) is -0.452. The maximum atomic E-state index is 12.2. The van der Waals surface area contributed by atoms with Crippen molar-refractivity contribution >= 4 is 11.9 Å². The normalized spacial score (nSPS) is 27.5. The molecule has 0 bridgehead atoms. The van der Waals surface area contributed by atoms with Crippen LogP contribution in [0.2, 0.25) is 0 Å². The highest BCUT2D eigenvalue weighted by molar-refractivity contribution is 5.86. The van der Waals surface area contributed by atoms with Gasteiger partial charge in [-0.2, -0.15) is 0 Å². The molecule has 17 heavy (non-hydrogen) atoms. The Morgan fingerprint density at radius 1 is 1.47 bits per heavy atom. The second kappa shape index (κ2) is 4.64. The molecule has 0 aromatic carbocycles. The van der Waals surface area contributed by atoms with Crippen LogP contribution in [-0.4, -0.2) is 42.0 Å². The number of carbonyl (C=O) groups is 2. The maximum absolute atomic E-state index is 12.2. The van der Waals surface area contributed by atoms with Crippen molar-refractivity contribution in [1.82, 2.24) is 4.90 Å². The number of esters is 1. The highest BCUT2D eigenvalue weighted by Gasteiger charge is 2.47. The van der Waals surface area contributed by atoms with Gasteiger partial charge in [0.15, 0.2) is 0 Å². The van der Waals surface area contributed by atoms with Crippen LogP contribution in [0.1, 0.15) is 38.5 Å². The molecular weight excluding hydrogens is 220 g/mol. The molecule has 96 valence electrons. The molecule has 2 aliphatic rings. The average Bonchev–Trinajstić information content (AvgIpc) is 2.39. The van der Waals surface area contributed by atoms with Gasteiger partial charge in [0.2, 0.25) is 5.91 Å². The smallest absolute Gasteiger partial charge is 0.325 e. The summed E-state index contributed by atoms with van der Waals surface area (Å²) in [5.41, 5.74) is 5.73. The molecule has 1 spiro atoms.